The van der Waals surface area contributed by atoms with Crippen LogP contribution in [0.1, 0.15) is 71.4 Å². The lowest BCUT2D eigenvalue weighted by Gasteiger charge is -2.52. The van der Waals surface area contributed by atoms with Gasteiger partial charge in [-0.05, 0) is 107 Å². The summed E-state index contributed by atoms with van der Waals surface area (Å²) in [5, 5.41) is 1.32. The molecule has 3 aliphatic heterocycles. The molecule has 4 heteroatoms. The summed E-state index contributed by atoms with van der Waals surface area (Å²) in [6.07, 6.45) is 4.92. The first-order valence-electron chi connectivity index (χ1n) is 19.9. The third-order valence-electron chi connectivity index (χ3n) is 13.8. The molecule has 54 heavy (non-hydrogen) atoms. The summed E-state index contributed by atoms with van der Waals surface area (Å²) >= 11 is 0. The Kier molecular flexibility index (Phi) is 6.54. The maximum atomic E-state index is 2.85. The Balaban J connectivity index is 1.32. The maximum Gasteiger partial charge on any atom is 0.252 e. The van der Waals surface area contributed by atoms with Crippen molar-refractivity contribution >= 4 is 62.4 Å². The van der Waals surface area contributed by atoms with Crippen molar-refractivity contribution in [3.63, 3.8) is 0 Å². The van der Waals surface area contributed by atoms with Gasteiger partial charge in [0.2, 0.25) is 0 Å². The van der Waals surface area contributed by atoms with Crippen molar-refractivity contribution in [2.45, 2.75) is 76.7 Å². The molecule has 264 valence electrons. The summed E-state index contributed by atoms with van der Waals surface area (Å²) in [5.74, 6) is 0. The lowest BCUT2D eigenvalue weighted by molar-refractivity contribution is 0.195. The molecule has 7 aromatic rings. The van der Waals surface area contributed by atoms with Crippen molar-refractivity contribution in [3.05, 3.63) is 151 Å². The van der Waals surface area contributed by atoms with Gasteiger partial charge in [0.25, 0.3) is 6.71 Å². The Hall–Kier alpha value is -5.48. The Labute approximate surface area is 320 Å². The van der Waals surface area contributed by atoms with Crippen LogP contribution < -0.4 is 26.2 Å². The van der Waals surface area contributed by atoms with Crippen LogP contribution in [0.3, 0.4) is 0 Å². The van der Waals surface area contributed by atoms with E-state index in [1.807, 2.05) is 0 Å². The van der Waals surface area contributed by atoms with E-state index in [9.17, 15) is 0 Å². The van der Waals surface area contributed by atoms with Crippen molar-refractivity contribution in [1.82, 2.24) is 4.57 Å². The molecule has 1 aromatic heterocycles. The van der Waals surface area contributed by atoms with Crippen LogP contribution in [-0.4, -0.2) is 16.8 Å². The molecule has 1 saturated carbocycles. The van der Waals surface area contributed by atoms with Gasteiger partial charge in [0.1, 0.15) is 0 Å². The van der Waals surface area contributed by atoms with Gasteiger partial charge in [-0.15, -0.1) is 0 Å². The van der Waals surface area contributed by atoms with Crippen molar-refractivity contribution < 1.29 is 0 Å². The maximum absolute atomic E-state index is 2.85. The van der Waals surface area contributed by atoms with Crippen LogP contribution in [0.4, 0.5) is 28.4 Å². The SMILES string of the molecule is CC(C)(C)c1cc2c3c(c1)cc(-c1ccccc1)n3-c1cc(N(c3ccccc3)c3ccccc3)cc3c1B2c1cccc2c1N3C1(C)CCCCC21C. The van der Waals surface area contributed by atoms with Gasteiger partial charge >= 0.3 is 0 Å². The molecule has 0 spiro atoms. The van der Waals surface area contributed by atoms with Gasteiger partial charge in [0.05, 0.1) is 16.9 Å². The van der Waals surface area contributed by atoms with Crippen LogP contribution in [0.5, 0.6) is 0 Å². The third kappa shape index (κ3) is 4.14. The number of aromatic nitrogens is 1. The minimum absolute atomic E-state index is 0.00771. The number of rotatable bonds is 4. The highest BCUT2D eigenvalue weighted by Gasteiger charge is 2.61. The van der Waals surface area contributed by atoms with E-state index in [4.69, 9.17) is 0 Å². The number of hydrogen-bond acceptors (Lipinski definition) is 2. The minimum atomic E-state index is -0.0484. The topological polar surface area (TPSA) is 11.4 Å². The number of anilines is 5. The Morgan fingerprint density at radius 1 is 0.630 bits per heavy atom. The third-order valence-corrected chi connectivity index (χ3v) is 13.8. The predicted octanol–water partition coefficient (Wildman–Crippen LogP) is 10.9. The van der Waals surface area contributed by atoms with E-state index in [1.165, 1.54) is 98.1 Å². The summed E-state index contributed by atoms with van der Waals surface area (Å²) in [6, 6.07) is 52.8. The first-order valence-corrected chi connectivity index (χ1v) is 19.9. The Bertz CT molecular complexity index is 2600. The zero-order chi connectivity index (χ0) is 36.6. The molecule has 6 aromatic carbocycles. The lowest BCUT2D eigenvalue weighted by atomic mass is 9.33. The second-order valence-corrected chi connectivity index (χ2v) is 17.7. The second-order valence-electron chi connectivity index (χ2n) is 17.7. The van der Waals surface area contributed by atoms with E-state index in [2.05, 4.69) is 189 Å². The van der Waals surface area contributed by atoms with Crippen molar-refractivity contribution in [1.29, 1.82) is 0 Å². The lowest BCUT2D eigenvalue weighted by Crippen LogP contribution is -2.64. The minimum Gasteiger partial charge on any atom is -0.335 e. The average molecular weight is 700 g/mol. The fourth-order valence-electron chi connectivity index (χ4n) is 11.0. The second kappa shape index (κ2) is 11.0. The van der Waals surface area contributed by atoms with E-state index in [0.29, 0.717) is 0 Å². The molecule has 3 nitrogen and oxygen atoms in total. The highest BCUT2D eigenvalue weighted by atomic mass is 15.3. The van der Waals surface area contributed by atoms with Gasteiger partial charge in [-0.25, -0.2) is 0 Å². The van der Waals surface area contributed by atoms with E-state index in [-0.39, 0.29) is 23.1 Å². The standard InChI is InChI=1S/C50H46BN3/c1-48(2,3)35-28-34-29-42(33-18-9-6-10-19-33)53-43-31-38(52(36-20-11-7-12-21-36)37-22-13-8-14-23-37)32-44-45(43)51(41(30-35)46(34)53)40-25-17-24-39-47(40)54(44)50(5)27-16-15-26-49(39,50)4/h6-14,17-25,28-32H,15-16,26-27H2,1-5H3. The number of nitrogens with zero attached hydrogens (tertiary/aromatic N) is 3. The van der Waals surface area contributed by atoms with Crippen LogP contribution in [-0.2, 0) is 10.8 Å². The number of para-hydroxylation sites is 3. The zero-order valence-electron chi connectivity index (χ0n) is 32.0. The number of fused-ring (bicyclic) bond motifs is 7. The summed E-state index contributed by atoms with van der Waals surface area (Å²) < 4.78 is 2.63. The molecule has 4 aliphatic rings. The normalized spacial score (nSPS) is 20.5. The van der Waals surface area contributed by atoms with Crippen LogP contribution in [0.2, 0.25) is 0 Å². The molecule has 0 N–H and O–H groups in total. The summed E-state index contributed by atoms with van der Waals surface area (Å²) in [7, 11) is 0. The highest BCUT2D eigenvalue weighted by Crippen LogP contribution is 2.61. The molecular formula is C50H46BN3. The number of benzene rings is 6. The molecule has 4 heterocycles. The fraction of sp³-hybridized carbons (Fsp3) is 0.240. The molecule has 11 rings (SSSR count). The van der Waals surface area contributed by atoms with E-state index in [0.717, 1.165) is 11.4 Å². The van der Waals surface area contributed by atoms with Gasteiger partial charge in [0.15, 0.2) is 0 Å². The van der Waals surface area contributed by atoms with Crippen LogP contribution >= 0.6 is 0 Å². The summed E-state index contributed by atoms with van der Waals surface area (Å²) in [5.41, 5.74) is 18.7. The quantitative estimate of drug-likeness (QED) is 0.169. The molecule has 2 atom stereocenters. The molecule has 1 aliphatic carbocycles. The van der Waals surface area contributed by atoms with Crippen LogP contribution in [0.15, 0.2) is 140 Å². The summed E-state index contributed by atoms with van der Waals surface area (Å²) in [6.45, 7) is 12.4. The zero-order valence-corrected chi connectivity index (χ0v) is 32.0. The van der Waals surface area contributed by atoms with Gasteiger partial charge in [-0.1, -0.05) is 132 Å². The molecule has 1 fully saturated rings. The average Bonchev–Trinajstić information content (AvgIpc) is 3.68. The highest BCUT2D eigenvalue weighted by molar-refractivity contribution is 7.00. The first kappa shape index (κ1) is 32.0. The van der Waals surface area contributed by atoms with E-state index < -0.39 is 0 Å². The molecule has 0 amide bonds. The van der Waals surface area contributed by atoms with Gasteiger partial charge in [-0.3, -0.25) is 0 Å². The van der Waals surface area contributed by atoms with E-state index in [1.54, 1.807) is 0 Å². The monoisotopic (exact) mass is 699 g/mol. The first-order chi connectivity index (χ1) is 26.2. The Morgan fingerprint density at radius 2 is 1.28 bits per heavy atom. The smallest absolute Gasteiger partial charge is 0.252 e. The molecule has 0 saturated heterocycles. The molecule has 0 radical (unpaired) electrons. The largest absolute Gasteiger partial charge is 0.335 e. The Morgan fingerprint density at radius 3 is 1.96 bits per heavy atom. The molecule has 0 bridgehead atoms. The van der Waals surface area contributed by atoms with Gasteiger partial charge in [-0.2, -0.15) is 0 Å². The van der Waals surface area contributed by atoms with Gasteiger partial charge in [0, 0.05) is 44.8 Å². The van der Waals surface area contributed by atoms with Crippen molar-refractivity contribution in [2.75, 3.05) is 9.80 Å². The predicted molar refractivity (Wildman–Crippen MR) is 230 cm³/mol. The van der Waals surface area contributed by atoms with E-state index >= 15 is 0 Å². The molecule has 2 unspecified atom stereocenters. The fourth-order valence-corrected chi connectivity index (χ4v) is 11.0. The van der Waals surface area contributed by atoms with Crippen molar-refractivity contribution in [3.8, 4) is 16.9 Å². The van der Waals surface area contributed by atoms with Crippen LogP contribution in [0, 0.1) is 0 Å². The summed E-state index contributed by atoms with van der Waals surface area (Å²) in [4.78, 5) is 5.32. The van der Waals surface area contributed by atoms with Gasteiger partial charge < -0.3 is 14.4 Å². The molecular weight excluding hydrogens is 653 g/mol. The van der Waals surface area contributed by atoms with Crippen LogP contribution in [0.25, 0.3) is 27.8 Å². The van der Waals surface area contributed by atoms with Crippen molar-refractivity contribution in [2.24, 2.45) is 0 Å². The number of hydrogen-bond donors (Lipinski definition) is 0.